The van der Waals surface area contributed by atoms with Crippen molar-refractivity contribution in [2.45, 2.75) is 0 Å². The molecule has 1 aliphatic heterocycles. The summed E-state index contributed by atoms with van der Waals surface area (Å²) in [7, 11) is -3.10. The summed E-state index contributed by atoms with van der Waals surface area (Å²) in [5.41, 5.74) is 0.773. The van der Waals surface area contributed by atoms with Gasteiger partial charge in [0.15, 0.2) is 21.3 Å². The smallest absolute Gasteiger partial charge is 0.168 e. The molecule has 0 unspecified atom stereocenters. The van der Waals surface area contributed by atoms with Crippen molar-refractivity contribution >= 4 is 15.9 Å². The molecule has 1 aromatic rings. The summed E-state index contributed by atoms with van der Waals surface area (Å²) in [5.74, 6) is 1.35. The monoisotopic (exact) mass is 240 g/mol. The highest BCUT2D eigenvalue weighted by Gasteiger charge is 2.10. The van der Waals surface area contributed by atoms with E-state index in [4.69, 9.17) is 9.47 Å². The van der Waals surface area contributed by atoms with Crippen molar-refractivity contribution < 1.29 is 17.9 Å². The molecule has 0 amide bonds. The van der Waals surface area contributed by atoms with Crippen molar-refractivity contribution in [1.29, 1.82) is 0 Å². The Morgan fingerprint density at radius 1 is 1.19 bits per heavy atom. The van der Waals surface area contributed by atoms with Gasteiger partial charge in [0.25, 0.3) is 0 Å². The van der Waals surface area contributed by atoms with Gasteiger partial charge in [0.2, 0.25) is 0 Å². The number of benzene rings is 1. The van der Waals surface area contributed by atoms with E-state index in [2.05, 4.69) is 0 Å². The maximum Gasteiger partial charge on any atom is 0.168 e. The van der Waals surface area contributed by atoms with Crippen molar-refractivity contribution in [1.82, 2.24) is 0 Å². The number of fused-ring (bicyclic) bond motifs is 1. The maximum atomic E-state index is 11.0. The molecule has 4 nitrogen and oxygen atoms in total. The maximum absolute atomic E-state index is 11.0. The summed E-state index contributed by atoms with van der Waals surface area (Å²) in [6.45, 7) is 1.07. The van der Waals surface area contributed by atoms with Crippen molar-refractivity contribution in [2.75, 3.05) is 19.5 Å². The summed E-state index contributed by atoms with van der Waals surface area (Å²) in [5, 5.41) is 1.17. The van der Waals surface area contributed by atoms with Crippen LogP contribution in [0, 0.1) is 0 Å². The molecular weight excluding hydrogens is 228 g/mol. The van der Waals surface area contributed by atoms with Crippen molar-refractivity contribution in [2.24, 2.45) is 0 Å². The van der Waals surface area contributed by atoms with Gasteiger partial charge in [0.1, 0.15) is 13.2 Å². The molecule has 0 atom stereocenters. The molecule has 0 N–H and O–H groups in total. The van der Waals surface area contributed by atoms with Crippen LogP contribution in [0.5, 0.6) is 11.5 Å². The lowest BCUT2D eigenvalue weighted by atomic mass is 10.2. The molecule has 0 spiro atoms. The van der Waals surface area contributed by atoms with Gasteiger partial charge in [-0.2, -0.15) is 0 Å². The summed E-state index contributed by atoms with van der Waals surface area (Å²) in [4.78, 5) is 0. The van der Waals surface area contributed by atoms with Crippen LogP contribution in [0.1, 0.15) is 5.56 Å². The first-order chi connectivity index (χ1) is 7.54. The van der Waals surface area contributed by atoms with Crippen LogP contribution in [0.2, 0.25) is 0 Å². The fourth-order valence-electron chi connectivity index (χ4n) is 1.37. The number of rotatable bonds is 2. The first kappa shape index (κ1) is 11.0. The molecule has 1 aromatic carbocycles. The summed E-state index contributed by atoms with van der Waals surface area (Å²) >= 11 is 0. The number of ether oxygens (including phenoxy) is 2. The molecular formula is C11H12O4S. The SMILES string of the molecule is CS(=O)(=O)C=Cc1ccc2c(c1)OCCO2. The quantitative estimate of drug-likeness (QED) is 0.785. The third kappa shape index (κ3) is 2.76. The molecule has 1 aliphatic rings. The van der Waals surface area contributed by atoms with Crippen molar-refractivity contribution in [3.05, 3.63) is 29.2 Å². The van der Waals surface area contributed by atoms with Gasteiger partial charge in [-0.3, -0.25) is 0 Å². The Morgan fingerprint density at radius 3 is 2.56 bits per heavy atom. The molecule has 0 aromatic heterocycles. The van der Waals surface area contributed by atoms with E-state index < -0.39 is 9.84 Å². The predicted octanol–water partition coefficient (Wildman–Crippen LogP) is 1.47. The minimum Gasteiger partial charge on any atom is -0.486 e. The highest BCUT2D eigenvalue weighted by atomic mass is 32.2. The minimum atomic E-state index is -3.10. The van der Waals surface area contributed by atoms with Crippen molar-refractivity contribution in [3.8, 4) is 11.5 Å². The van der Waals surface area contributed by atoms with Crippen LogP contribution in [0.4, 0.5) is 0 Å². The lowest BCUT2D eigenvalue weighted by molar-refractivity contribution is 0.171. The van der Waals surface area contributed by atoms with Crippen molar-refractivity contribution in [3.63, 3.8) is 0 Å². The van der Waals surface area contributed by atoms with E-state index in [1.807, 2.05) is 0 Å². The molecule has 0 radical (unpaired) electrons. The zero-order valence-corrected chi connectivity index (χ0v) is 9.66. The van der Waals surface area contributed by atoms with E-state index in [9.17, 15) is 8.42 Å². The van der Waals surface area contributed by atoms with Gasteiger partial charge in [-0.1, -0.05) is 6.07 Å². The Morgan fingerprint density at radius 2 is 1.88 bits per heavy atom. The van der Waals surface area contributed by atoms with Gasteiger partial charge in [0, 0.05) is 11.7 Å². The second-order valence-electron chi connectivity index (χ2n) is 3.54. The molecule has 0 aliphatic carbocycles. The normalized spacial score (nSPS) is 15.3. The Balaban J connectivity index is 2.27. The summed E-state index contributed by atoms with van der Waals surface area (Å²) < 4.78 is 32.6. The second-order valence-corrected chi connectivity index (χ2v) is 5.47. The first-order valence-corrected chi connectivity index (χ1v) is 6.78. The minimum absolute atomic E-state index is 0.520. The van der Waals surface area contributed by atoms with E-state index >= 15 is 0 Å². The predicted molar refractivity (Wildman–Crippen MR) is 61.3 cm³/mol. The van der Waals surface area contributed by atoms with Crippen LogP contribution in [0.25, 0.3) is 6.08 Å². The first-order valence-electron chi connectivity index (χ1n) is 4.82. The Labute approximate surface area is 94.4 Å². The molecule has 0 fully saturated rings. The Hall–Kier alpha value is -1.49. The zero-order chi connectivity index (χ0) is 11.6. The highest BCUT2D eigenvalue weighted by Crippen LogP contribution is 2.31. The van der Waals surface area contributed by atoms with Crippen LogP contribution in [-0.4, -0.2) is 27.9 Å². The van der Waals surface area contributed by atoms with E-state index in [1.54, 1.807) is 18.2 Å². The topological polar surface area (TPSA) is 52.6 Å². The Bertz CT molecular complexity index is 517. The summed E-state index contributed by atoms with van der Waals surface area (Å²) in [6.07, 6.45) is 2.69. The van der Waals surface area contributed by atoms with Crippen LogP contribution >= 0.6 is 0 Å². The number of sulfone groups is 1. The van der Waals surface area contributed by atoms with E-state index in [1.165, 1.54) is 11.5 Å². The fraction of sp³-hybridized carbons (Fsp3) is 0.273. The Kier molecular flexibility index (Phi) is 2.87. The molecule has 1 heterocycles. The molecule has 86 valence electrons. The molecule has 2 rings (SSSR count). The number of hydrogen-bond donors (Lipinski definition) is 0. The van der Waals surface area contributed by atoms with Gasteiger partial charge in [-0.05, 0) is 23.8 Å². The van der Waals surface area contributed by atoms with Gasteiger partial charge >= 0.3 is 0 Å². The largest absolute Gasteiger partial charge is 0.486 e. The third-order valence-corrected chi connectivity index (χ3v) is 2.70. The highest BCUT2D eigenvalue weighted by molar-refractivity contribution is 7.93. The molecule has 16 heavy (non-hydrogen) atoms. The van der Waals surface area contributed by atoms with Gasteiger partial charge < -0.3 is 9.47 Å². The molecule has 0 bridgehead atoms. The average molecular weight is 240 g/mol. The van der Waals surface area contributed by atoms with E-state index in [0.717, 1.165) is 11.8 Å². The zero-order valence-electron chi connectivity index (χ0n) is 8.84. The van der Waals surface area contributed by atoms with Gasteiger partial charge in [-0.15, -0.1) is 0 Å². The standard InChI is InChI=1S/C11H12O4S/c1-16(12,13)7-4-9-2-3-10-11(8-9)15-6-5-14-10/h2-4,7-8H,5-6H2,1H3. The number of hydrogen-bond acceptors (Lipinski definition) is 4. The third-order valence-electron chi connectivity index (χ3n) is 2.07. The average Bonchev–Trinajstić information content (AvgIpc) is 2.25. The molecule has 0 saturated carbocycles. The molecule has 5 heteroatoms. The van der Waals surface area contributed by atoms with Gasteiger partial charge in [-0.25, -0.2) is 8.42 Å². The van der Waals surface area contributed by atoms with Crippen LogP contribution in [0.15, 0.2) is 23.6 Å². The summed E-state index contributed by atoms with van der Waals surface area (Å²) in [6, 6.07) is 5.32. The van der Waals surface area contributed by atoms with Crippen LogP contribution in [-0.2, 0) is 9.84 Å². The fourth-order valence-corrected chi connectivity index (χ4v) is 1.77. The van der Waals surface area contributed by atoms with E-state index in [-0.39, 0.29) is 0 Å². The second kappa shape index (κ2) is 4.17. The van der Waals surface area contributed by atoms with E-state index in [0.29, 0.717) is 24.7 Å². The lowest BCUT2D eigenvalue weighted by Crippen LogP contribution is -2.15. The van der Waals surface area contributed by atoms with Crippen LogP contribution < -0.4 is 9.47 Å². The van der Waals surface area contributed by atoms with Crippen LogP contribution in [0.3, 0.4) is 0 Å². The lowest BCUT2D eigenvalue weighted by Gasteiger charge is -2.18. The van der Waals surface area contributed by atoms with Gasteiger partial charge in [0.05, 0.1) is 0 Å². The molecule has 0 saturated heterocycles.